The van der Waals surface area contributed by atoms with E-state index < -0.39 is 113 Å². The first-order chi connectivity index (χ1) is 38.1. The van der Waals surface area contributed by atoms with E-state index in [1.54, 1.807) is 38.5 Å². The molecule has 7 rings (SSSR count). The molecule has 4 aliphatic heterocycles. The normalized spacial score (nSPS) is 37.5. The molecule has 5 aliphatic rings. The number of aromatic carboxylic acids is 1. The zero-order valence-electron chi connectivity index (χ0n) is 49.9. The third-order valence-corrected chi connectivity index (χ3v) is 17.5. The van der Waals surface area contributed by atoms with Crippen LogP contribution in [0.25, 0.3) is 10.9 Å². The highest BCUT2D eigenvalue weighted by atomic mass is 19.1. The smallest absolute Gasteiger partial charge is 0.477 e. The number of hydrogen-bond acceptors (Lipinski definition) is 20. The number of fused-ring (bicyclic) bond motifs is 2. The maximum absolute atomic E-state index is 15.2. The largest absolute Gasteiger partial charge is 0.509 e. The molecule has 1 aromatic carbocycles. The Morgan fingerprint density at radius 3 is 2.28 bits per heavy atom. The number of carbonyl (C=O) groups is 3. The molecule has 1 aliphatic carbocycles. The molecule has 5 fully saturated rings. The molecule has 5 heterocycles. The van der Waals surface area contributed by atoms with Gasteiger partial charge >= 0.3 is 18.1 Å². The number of halogens is 1. The zero-order valence-corrected chi connectivity index (χ0v) is 49.9. The molecule has 0 unspecified atom stereocenters. The summed E-state index contributed by atoms with van der Waals surface area (Å²) in [6.07, 6.45) is -5.05. The van der Waals surface area contributed by atoms with Gasteiger partial charge in [-0.1, -0.05) is 20.8 Å². The molecule has 22 nitrogen and oxygen atoms in total. The predicted molar refractivity (Wildman–Crippen MR) is 297 cm³/mol. The van der Waals surface area contributed by atoms with Crippen LogP contribution in [0.15, 0.2) is 23.1 Å². The number of nitrogens with one attached hydrogen (secondary N) is 2. The monoisotopic (exact) mass is 1150 g/mol. The third-order valence-electron chi connectivity index (χ3n) is 17.5. The van der Waals surface area contributed by atoms with Gasteiger partial charge in [0.25, 0.3) is 0 Å². The maximum atomic E-state index is 15.2. The van der Waals surface area contributed by atoms with Crippen molar-refractivity contribution < 1.29 is 81.5 Å². The van der Waals surface area contributed by atoms with Gasteiger partial charge in [-0.3, -0.25) is 14.5 Å². The van der Waals surface area contributed by atoms with Gasteiger partial charge in [0.2, 0.25) is 5.43 Å². The fourth-order valence-corrected chi connectivity index (χ4v) is 12.8. The first-order valence-corrected chi connectivity index (χ1v) is 28.9. The Morgan fingerprint density at radius 2 is 1.63 bits per heavy atom. The maximum Gasteiger partial charge on any atom is 0.509 e. The van der Waals surface area contributed by atoms with Crippen LogP contribution >= 0.6 is 0 Å². The van der Waals surface area contributed by atoms with Crippen molar-refractivity contribution in [3.8, 4) is 0 Å². The Kier molecular flexibility index (Phi) is 21.4. The summed E-state index contributed by atoms with van der Waals surface area (Å²) in [4.78, 5) is 56.3. The molecule has 23 heteroatoms. The summed E-state index contributed by atoms with van der Waals surface area (Å²) in [5.74, 6) is -4.63. The number of aliphatic hydroxyl groups is 2. The number of carboxylic acid groups (broad SMARTS) is 1. The second kappa shape index (κ2) is 26.9. The lowest BCUT2D eigenvalue weighted by atomic mass is 9.77. The van der Waals surface area contributed by atoms with Crippen molar-refractivity contribution in [2.45, 2.75) is 204 Å². The Balaban J connectivity index is 1.01. The number of pyridine rings is 1. The Morgan fingerprint density at radius 1 is 0.938 bits per heavy atom. The number of carbonyl (C=O) groups excluding carboxylic acids is 2. The molecule has 81 heavy (non-hydrogen) atoms. The lowest BCUT2D eigenvalue weighted by molar-refractivity contribution is -0.320. The SMILES string of the molecule is CC[C@H]1OC(=O)[C@H](C)[C@@H](O[C@H]2C[C@@](C)(OC)[C@@H](OCCNCCOCCNc3cc4c(cc3F)c(=O)c(C(=O)O)cn4C3CC3)[C@H](C)O2)[C@H](C)[C@@H](O[C@@H]2O[C@H](C)C[C@H](N(C)C)[C@H]2O)[C@](C)(O)C[C@@H](C)CN(C)[C@H](C)[C@@H]2OC(=O)O[C@]12C. The van der Waals surface area contributed by atoms with Crippen LogP contribution in [0.2, 0.25) is 0 Å². The number of esters is 1. The zero-order chi connectivity index (χ0) is 59.5. The van der Waals surface area contributed by atoms with E-state index in [4.69, 9.17) is 47.4 Å². The lowest BCUT2D eigenvalue weighted by Crippen LogP contribution is -2.61. The standard InChI is InChI=1S/C58H92FN5O17/c1-15-44-58(10)50(80-55(70)81-58)35(6)63(13)29-31(2)27-56(8,71)49(79-54-47(66)43(62(11)12)24-32(3)75-54)33(4)48(34(5)53(69)77-44)78-45-28-57(9,72-14)51(36(7)76-45)74-23-19-60-18-21-73-22-20-61-41-26-42-38(25-40(41)59)46(65)39(52(67)68)30-64(42)37-16-17-37/h25-26,30-37,43-45,47-51,54,60-61,66,71H,15-24,27-29H2,1-14H3,(H,67,68)/t31-,32-,33+,34-,35-,36+,43+,44-,45+,47-,48+,49-,50+,51+,54+,56-,57-,58-/m1/s1. The quantitative estimate of drug-likeness (QED) is 0.0831. The molecular formula is C58H92FN5O17. The van der Waals surface area contributed by atoms with Gasteiger partial charge in [0, 0.05) is 75.3 Å². The molecule has 4 saturated heterocycles. The highest BCUT2D eigenvalue weighted by Crippen LogP contribution is 2.43. The van der Waals surface area contributed by atoms with Crippen molar-refractivity contribution in [2.24, 2.45) is 17.8 Å². The molecule has 0 radical (unpaired) electrons. The van der Waals surface area contributed by atoms with Crippen molar-refractivity contribution in [3.05, 3.63) is 39.9 Å². The predicted octanol–water partition coefficient (Wildman–Crippen LogP) is 5.31. The second-order valence-corrected chi connectivity index (χ2v) is 24.4. The number of likely N-dealkylation sites (N-methyl/N-ethyl adjacent to an activating group) is 2. The van der Waals surface area contributed by atoms with Gasteiger partial charge in [0.15, 0.2) is 24.3 Å². The second-order valence-electron chi connectivity index (χ2n) is 24.4. The van der Waals surface area contributed by atoms with E-state index in [9.17, 15) is 34.5 Å². The highest BCUT2D eigenvalue weighted by Gasteiger charge is 2.58. The minimum atomic E-state index is -1.60. The molecule has 1 aromatic heterocycles. The number of benzene rings is 1. The summed E-state index contributed by atoms with van der Waals surface area (Å²) in [6.45, 7) is 21.1. The number of cyclic esters (lactones) is 1. The Labute approximate surface area is 475 Å². The van der Waals surface area contributed by atoms with Crippen molar-refractivity contribution >= 4 is 34.7 Å². The Hall–Kier alpha value is -4.11. The minimum Gasteiger partial charge on any atom is -0.477 e. The number of anilines is 1. The molecule has 0 bridgehead atoms. The molecule has 18 atom stereocenters. The molecule has 2 aromatic rings. The topological polar surface area (TPSA) is 257 Å². The fourth-order valence-electron chi connectivity index (χ4n) is 12.8. The highest BCUT2D eigenvalue weighted by molar-refractivity contribution is 5.93. The average Bonchev–Trinajstić information content (AvgIpc) is 4.41. The number of aromatic nitrogens is 1. The van der Waals surface area contributed by atoms with Crippen molar-refractivity contribution in [1.82, 2.24) is 19.7 Å². The van der Waals surface area contributed by atoms with Crippen LogP contribution in [0.4, 0.5) is 14.9 Å². The van der Waals surface area contributed by atoms with Crippen molar-refractivity contribution in [3.63, 3.8) is 0 Å². The van der Waals surface area contributed by atoms with Crippen LogP contribution in [0.3, 0.4) is 0 Å². The summed E-state index contributed by atoms with van der Waals surface area (Å²) >= 11 is 0. The molecule has 5 N–H and O–H groups in total. The number of nitrogens with zero attached hydrogens (tertiary/aromatic N) is 3. The fraction of sp³-hybridized carbons (Fsp3) is 0.793. The number of hydrogen-bond donors (Lipinski definition) is 5. The van der Waals surface area contributed by atoms with Crippen molar-refractivity contribution in [1.29, 1.82) is 0 Å². The molecule has 0 amide bonds. The number of methoxy groups -OCH3 is 1. The van der Waals surface area contributed by atoms with E-state index in [1.807, 2.05) is 79.4 Å². The van der Waals surface area contributed by atoms with Crippen LogP contribution in [-0.4, -0.2) is 212 Å². The average molecular weight is 1150 g/mol. The van der Waals surface area contributed by atoms with E-state index >= 15 is 4.39 Å². The first-order valence-electron chi connectivity index (χ1n) is 28.9. The molecule has 458 valence electrons. The van der Waals surface area contributed by atoms with Crippen LogP contribution in [0, 0.1) is 23.6 Å². The minimum absolute atomic E-state index is 0.0254. The van der Waals surface area contributed by atoms with E-state index in [0.717, 1.165) is 18.9 Å². The summed E-state index contributed by atoms with van der Waals surface area (Å²) in [7, 11) is 7.28. The summed E-state index contributed by atoms with van der Waals surface area (Å²) in [5.41, 5.74) is -4.34. The van der Waals surface area contributed by atoms with Gasteiger partial charge in [-0.2, -0.15) is 0 Å². The number of carboxylic acids is 1. The van der Waals surface area contributed by atoms with E-state index in [-0.39, 0.29) is 79.4 Å². The molecule has 1 saturated carbocycles. The van der Waals surface area contributed by atoms with Gasteiger partial charge in [-0.15, -0.1) is 0 Å². The summed E-state index contributed by atoms with van der Waals surface area (Å²) in [6, 6.07) is 2.00. The van der Waals surface area contributed by atoms with Gasteiger partial charge in [0.05, 0.1) is 72.6 Å². The van der Waals surface area contributed by atoms with Gasteiger partial charge in [-0.05, 0) is 120 Å². The van der Waals surface area contributed by atoms with Crippen LogP contribution < -0.4 is 16.1 Å². The summed E-state index contributed by atoms with van der Waals surface area (Å²) in [5, 5.41) is 40.6. The van der Waals surface area contributed by atoms with Gasteiger partial charge in [-0.25, -0.2) is 14.0 Å². The van der Waals surface area contributed by atoms with E-state index in [0.29, 0.717) is 44.6 Å². The number of rotatable bonds is 20. The molecule has 0 spiro atoms. The van der Waals surface area contributed by atoms with Crippen LogP contribution in [0.1, 0.15) is 124 Å². The molecular weight excluding hydrogens is 1060 g/mol. The third kappa shape index (κ3) is 14.7. The van der Waals surface area contributed by atoms with Crippen LogP contribution in [-0.2, 0) is 52.2 Å². The lowest BCUT2D eigenvalue weighted by Gasteiger charge is -2.49. The summed E-state index contributed by atoms with van der Waals surface area (Å²) < 4.78 is 80.3. The Bertz CT molecular complexity index is 2540. The number of ether oxygens (including phenoxy) is 10. The van der Waals surface area contributed by atoms with E-state index in [2.05, 4.69) is 10.6 Å². The van der Waals surface area contributed by atoms with Crippen LogP contribution in [0.5, 0.6) is 0 Å². The van der Waals surface area contributed by atoms with Crippen molar-refractivity contribution in [2.75, 3.05) is 79.6 Å². The van der Waals surface area contributed by atoms with Gasteiger partial charge in [0.1, 0.15) is 29.7 Å². The van der Waals surface area contributed by atoms with Gasteiger partial charge < -0.3 is 82.8 Å². The first kappa shape index (κ1) is 64.5. The van der Waals surface area contributed by atoms with E-state index in [1.165, 1.54) is 6.20 Å². The number of aliphatic hydroxyl groups excluding tert-OH is 1.